The predicted molar refractivity (Wildman–Crippen MR) is 42.1 cm³/mol. The first-order valence-corrected chi connectivity index (χ1v) is 3.72. The van der Waals surface area contributed by atoms with E-state index in [0.717, 1.165) is 0 Å². The Morgan fingerprint density at radius 2 is 2.50 bits per heavy atom. The number of hydrogen-bond donors (Lipinski definition) is 0. The van der Waals surface area contributed by atoms with Crippen molar-refractivity contribution in [3.8, 4) is 0 Å². The molecule has 1 aliphatic rings. The summed E-state index contributed by atoms with van der Waals surface area (Å²) < 4.78 is 4.53. The summed E-state index contributed by atoms with van der Waals surface area (Å²) in [5.74, 6) is -0.443. The molecule has 0 bridgehead atoms. The van der Waals surface area contributed by atoms with E-state index in [1.165, 1.54) is 18.2 Å². The van der Waals surface area contributed by atoms with Gasteiger partial charge in [-0.1, -0.05) is 6.58 Å². The standard InChI is InChI=1S/C8H11NO3/c1-3-9-6(8(11)12-2)4-5-7(9)10/h3,6H,1,4-5H2,2H3. The molecule has 1 atom stereocenters. The summed E-state index contributed by atoms with van der Waals surface area (Å²) >= 11 is 0. The van der Waals surface area contributed by atoms with Gasteiger partial charge < -0.3 is 9.64 Å². The van der Waals surface area contributed by atoms with Gasteiger partial charge in [0.05, 0.1) is 7.11 Å². The van der Waals surface area contributed by atoms with Gasteiger partial charge in [0, 0.05) is 12.6 Å². The third-order valence-corrected chi connectivity index (χ3v) is 1.93. The zero-order valence-electron chi connectivity index (χ0n) is 6.95. The Labute approximate surface area is 70.8 Å². The second-order valence-electron chi connectivity index (χ2n) is 2.56. The van der Waals surface area contributed by atoms with Crippen LogP contribution in [0.15, 0.2) is 12.8 Å². The molecule has 1 aliphatic heterocycles. The molecule has 0 aromatic carbocycles. The van der Waals surface area contributed by atoms with Gasteiger partial charge in [-0.2, -0.15) is 0 Å². The van der Waals surface area contributed by atoms with E-state index in [1.54, 1.807) is 0 Å². The van der Waals surface area contributed by atoms with Gasteiger partial charge in [-0.15, -0.1) is 0 Å². The fourth-order valence-electron chi connectivity index (χ4n) is 1.30. The number of likely N-dealkylation sites (tertiary alicyclic amines) is 1. The summed E-state index contributed by atoms with van der Waals surface area (Å²) in [5, 5.41) is 0. The van der Waals surface area contributed by atoms with Gasteiger partial charge in [-0.05, 0) is 6.42 Å². The molecule has 4 nitrogen and oxygen atoms in total. The van der Waals surface area contributed by atoms with E-state index in [2.05, 4.69) is 11.3 Å². The molecule has 0 aromatic rings. The average molecular weight is 169 g/mol. The summed E-state index contributed by atoms with van der Waals surface area (Å²) in [6.45, 7) is 3.46. The molecule has 1 rings (SSSR count). The second-order valence-corrected chi connectivity index (χ2v) is 2.56. The van der Waals surface area contributed by atoms with E-state index in [-0.39, 0.29) is 11.9 Å². The maximum absolute atomic E-state index is 11.1. The van der Waals surface area contributed by atoms with E-state index in [9.17, 15) is 9.59 Å². The van der Waals surface area contributed by atoms with Crippen LogP contribution in [0.25, 0.3) is 0 Å². The van der Waals surface area contributed by atoms with E-state index >= 15 is 0 Å². The number of nitrogens with zero attached hydrogens (tertiary/aromatic N) is 1. The predicted octanol–water partition coefficient (Wildman–Crippen LogP) is 0.294. The van der Waals surface area contributed by atoms with Crippen LogP contribution in [0.1, 0.15) is 12.8 Å². The lowest BCUT2D eigenvalue weighted by Gasteiger charge is -2.17. The smallest absolute Gasteiger partial charge is 0.328 e. The van der Waals surface area contributed by atoms with Gasteiger partial charge in [0.2, 0.25) is 5.91 Å². The summed E-state index contributed by atoms with van der Waals surface area (Å²) in [7, 11) is 1.31. The Bertz CT molecular complexity index is 224. The molecule has 0 saturated carbocycles. The maximum Gasteiger partial charge on any atom is 0.328 e. The van der Waals surface area contributed by atoms with Crippen molar-refractivity contribution in [2.75, 3.05) is 7.11 Å². The second kappa shape index (κ2) is 3.38. The Morgan fingerprint density at radius 3 is 3.00 bits per heavy atom. The van der Waals surface area contributed by atoms with Crippen LogP contribution in [-0.2, 0) is 14.3 Å². The number of hydrogen-bond acceptors (Lipinski definition) is 3. The first-order chi connectivity index (χ1) is 5.70. The molecule has 0 aliphatic carbocycles. The van der Waals surface area contributed by atoms with Crippen LogP contribution in [0.2, 0.25) is 0 Å². The molecule has 1 saturated heterocycles. The number of carbonyl (C=O) groups is 2. The first-order valence-electron chi connectivity index (χ1n) is 3.72. The normalized spacial score (nSPS) is 22.6. The molecule has 66 valence electrons. The molecule has 1 amide bonds. The van der Waals surface area contributed by atoms with Gasteiger partial charge in [-0.3, -0.25) is 4.79 Å². The first kappa shape index (κ1) is 8.77. The van der Waals surface area contributed by atoms with Crippen molar-refractivity contribution in [2.45, 2.75) is 18.9 Å². The molecule has 12 heavy (non-hydrogen) atoms. The van der Waals surface area contributed by atoms with Crippen LogP contribution >= 0.6 is 0 Å². The largest absolute Gasteiger partial charge is 0.467 e. The zero-order valence-corrected chi connectivity index (χ0v) is 6.95. The van der Waals surface area contributed by atoms with Crippen molar-refractivity contribution >= 4 is 11.9 Å². The number of ether oxygens (including phenoxy) is 1. The number of esters is 1. The zero-order chi connectivity index (χ0) is 9.14. The number of rotatable bonds is 2. The van der Waals surface area contributed by atoms with Gasteiger partial charge in [-0.25, -0.2) is 4.79 Å². The fourth-order valence-corrected chi connectivity index (χ4v) is 1.30. The van der Waals surface area contributed by atoms with Crippen molar-refractivity contribution in [2.24, 2.45) is 0 Å². The molecule has 0 radical (unpaired) electrons. The van der Waals surface area contributed by atoms with E-state index in [0.29, 0.717) is 12.8 Å². The van der Waals surface area contributed by atoms with Crippen molar-refractivity contribution in [1.29, 1.82) is 0 Å². The highest BCUT2D eigenvalue weighted by Crippen LogP contribution is 2.19. The average Bonchev–Trinajstić information content (AvgIpc) is 2.45. The molecule has 1 unspecified atom stereocenters. The van der Waals surface area contributed by atoms with Crippen LogP contribution in [0.3, 0.4) is 0 Å². The number of amides is 1. The highest BCUT2D eigenvalue weighted by atomic mass is 16.5. The van der Waals surface area contributed by atoms with Gasteiger partial charge in [0.25, 0.3) is 0 Å². The van der Waals surface area contributed by atoms with Crippen molar-refractivity contribution in [3.05, 3.63) is 12.8 Å². The van der Waals surface area contributed by atoms with E-state index < -0.39 is 6.04 Å². The SMILES string of the molecule is C=CN1C(=O)CCC1C(=O)OC. The number of methoxy groups -OCH3 is 1. The highest BCUT2D eigenvalue weighted by molar-refractivity contribution is 5.88. The van der Waals surface area contributed by atoms with Crippen LogP contribution in [-0.4, -0.2) is 29.9 Å². The summed E-state index contributed by atoms with van der Waals surface area (Å²) in [5.41, 5.74) is 0. The topological polar surface area (TPSA) is 46.6 Å². The van der Waals surface area contributed by atoms with Crippen molar-refractivity contribution < 1.29 is 14.3 Å². The minimum absolute atomic E-state index is 0.0691. The summed E-state index contributed by atoms with van der Waals surface area (Å²) in [6.07, 6.45) is 2.29. The van der Waals surface area contributed by atoms with Gasteiger partial charge in [0.1, 0.15) is 6.04 Å². The lowest BCUT2D eigenvalue weighted by atomic mass is 10.2. The van der Waals surface area contributed by atoms with Crippen molar-refractivity contribution in [3.63, 3.8) is 0 Å². The van der Waals surface area contributed by atoms with Crippen LogP contribution in [0, 0.1) is 0 Å². The van der Waals surface area contributed by atoms with Gasteiger partial charge >= 0.3 is 5.97 Å². The third kappa shape index (κ3) is 1.32. The molecule has 0 N–H and O–H groups in total. The molecular weight excluding hydrogens is 158 g/mol. The maximum atomic E-state index is 11.1. The quantitative estimate of drug-likeness (QED) is 0.558. The van der Waals surface area contributed by atoms with E-state index in [4.69, 9.17) is 0 Å². The van der Waals surface area contributed by atoms with E-state index in [1.807, 2.05) is 0 Å². The van der Waals surface area contributed by atoms with Crippen LogP contribution < -0.4 is 0 Å². The fraction of sp³-hybridized carbons (Fsp3) is 0.500. The number of carbonyl (C=O) groups excluding carboxylic acids is 2. The molecule has 1 fully saturated rings. The van der Waals surface area contributed by atoms with Crippen LogP contribution in [0.5, 0.6) is 0 Å². The summed E-state index contributed by atoms with van der Waals surface area (Å²) in [4.78, 5) is 23.5. The minimum atomic E-state index is -0.458. The minimum Gasteiger partial charge on any atom is -0.467 e. The summed E-state index contributed by atoms with van der Waals surface area (Å²) in [6, 6.07) is -0.458. The van der Waals surface area contributed by atoms with Gasteiger partial charge in [0.15, 0.2) is 0 Å². The lowest BCUT2D eigenvalue weighted by Crippen LogP contribution is -2.35. The Kier molecular flexibility index (Phi) is 2.47. The Balaban J connectivity index is 2.72. The Morgan fingerprint density at radius 1 is 1.83 bits per heavy atom. The van der Waals surface area contributed by atoms with Crippen molar-refractivity contribution in [1.82, 2.24) is 4.90 Å². The molecule has 0 spiro atoms. The molecule has 1 heterocycles. The third-order valence-electron chi connectivity index (χ3n) is 1.93. The Hall–Kier alpha value is -1.32. The van der Waals surface area contributed by atoms with Crippen LogP contribution in [0.4, 0.5) is 0 Å². The lowest BCUT2D eigenvalue weighted by molar-refractivity contribution is -0.147. The molecule has 4 heteroatoms. The monoisotopic (exact) mass is 169 g/mol. The highest BCUT2D eigenvalue weighted by Gasteiger charge is 2.34. The molecular formula is C8H11NO3. The molecule has 0 aromatic heterocycles.